The molecule has 20 heavy (non-hydrogen) atoms. The lowest BCUT2D eigenvalue weighted by Crippen LogP contribution is -2.32. The minimum absolute atomic E-state index is 0.0169. The first-order chi connectivity index (χ1) is 9.34. The van der Waals surface area contributed by atoms with Crippen LogP contribution in [0, 0.1) is 17.0 Å². The molecule has 0 fully saturated rings. The maximum Gasteiger partial charge on any atom is 0.273 e. The van der Waals surface area contributed by atoms with Crippen molar-refractivity contribution >= 4 is 15.7 Å². The van der Waals surface area contributed by atoms with Gasteiger partial charge in [0, 0.05) is 24.7 Å². The van der Waals surface area contributed by atoms with Crippen molar-refractivity contribution in [1.29, 1.82) is 0 Å². The topological polar surface area (TPSA) is 80.5 Å². The summed E-state index contributed by atoms with van der Waals surface area (Å²) in [6.45, 7) is 6.21. The van der Waals surface area contributed by atoms with Crippen molar-refractivity contribution < 1.29 is 13.3 Å². The predicted molar refractivity (Wildman–Crippen MR) is 77.2 cm³/mol. The first kappa shape index (κ1) is 16.6. The second kappa shape index (κ2) is 6.81. The molecule has 0 radical (unpaired) electrons. The molecule has 0 atom stereocenters. The Kier molecular flexibility index (Phi) is 5.64. The second-order valence-corrected chi connectivity index (χ2v) is 6.55. The smallest absolute Gasteiger partial charge is 0.258 e. The number of benzene rings is 1. The highest BCUT2D eigenvalue weighted by Gasteiger charge is 2.25. The van der Waals surface area contributed by atoms with Crippen molar-refractivity contribution in [1.82, 2.24) is 4.31 Å². The number of aryl methyl sites for hydroxylation is 1. The van der Waals surface area contributed by atoms with Crippen LogP contribution in [0.15, 0.2) is 23.1 Å². The van der Waals surface area contributed by atoms with Crippen LogP contribution in [0.2, 0.25) is 0 Å². The molecule has 0 aliphatic carbocycles. The zero-order valence-electron chi connectivity index (χ0n) is 12.0. The van der Waals surface area contributed by atoms with Crippen molar-refractivity contribution in [2.45, 2.75) is 38.5 Å². The lowest BCUT2D eigenvalue weighted by atomic mass is 10.2. The zero-order valence-corrected chi connectivity index (χ0v) is 12.8. The van der Waals surface area contributed by atoms with Gasteiger partial charge in [-0.3, -0.25) is 10.1 Å². The molecular weight excluding hydrogens is 280 g/mol. The Labute approximate surface area is 119 Å². The van der Waals surface area contributed by atoms with Crippen LogP contribution < -0.4 is 0 Å². The number of hydrogen-bond donors (Lipinski definition) is 0. The van der Waals surface area contributed by atoms with E-state index in [4.69, 9.17) is 0 Å². The van der Waals surface area contributed by atoms with E-state index in [1.165, 1.54) is 16.4 Å². The van der Waals surface area contributed by atoms with Crippen LogP contribution in [-0.2, 0) is 10.0 Å². The molecular formula is C13H20N2O4S. The fourth-order valence-electron chi connectivity index (χ4n) is 1.95. The molecule has 0 aliphatic rings. The van der Waals surface area contributed by atoms with E-state index in [0.29, 0.717) is 31.5 Å². The lowest BCUT2D eigenvalue weighted by molar-refractivity contribution is -0.385. The molecule has 1 aromatic rings. The van der Waals surface area contributed by atoms with Gasteiger partial charge >= 0.3 is 0 Å². The molecule has 0 aliphatic heterocycles. The van der Waals surface area contributed by atoms with Crippen LogP contribution in [0.4, 0.5) is 5.69 Å². The van der Waals surface area contributed by atoms with Crippen LogP contribution >= 0.6 is 0 Å². The van der Waals surface area contributed by atoms with Crippen LogP contribution in [0.3, 0.4) is 0 Å². The van der Waals surface area contributed by atoms with E-state index in [0.717, 1.165) is 6.07 Å². The van der Waals surface area contributed by atoms with Crippen LogP contribution in [0.5, 0.6) is 0 Å². The Morgan fingerprint density at radius 1 is 1.20 bits per heavy atom. The SMILES string of the molecule is CCCN(CCC)S(=O)(=O)c1ccc(C)c([N+](=O)[O-])c1. The van der Waals surface area contributed by atoms with Crippen molar-refractivity contribution in [2.75, 3.05) is 13.1 Å². The summed E-state index contributed by atoms with van der Waals surface area (Å²) in [5, 5.41) is 10.9. The average molecular weight is 300 g/mol. The van der Waals surface area contributed by atoms with E-state index in [1.54, 1.807) is 6.92 Å². The summed E-state index contributed by atoms with van der Waals surface area (Å²) in [5.41, 5.74) is 0.283. The van der Waals surface area contributed by atoms with E-state index < -0.39 is 14.9 Å². The van der Waals surface area contributed by atoms with Gasteiger partial charge in [0.25, 0.3) is 5.69 Å². The highest BCUT2D eigenvalue weighted by atomic mass is 32.2. The van der Waals surface area contributed by atoms with Gasteiger partial charge in [-0.05, 0) is 25.8 Å². The van der Waals surface area contributed by atoms with E-state index >= 15 is 0 Å². The molecule has 0 N–H and O–H groups in total. The summed E-state index contributed by atoms with van der Waals surface area (Å²) in [6, 6.07) is 4.04. The number of sulfonamides is 1. The third-order valence-electron chi connectivity index (χ3n) is 2.96. The molecule has 1 aromatic carbocycles. The second-order valence-electron chi connectivity index (χ2n) is 4.61. The molecule has 1 rings (SSSR count). The minimum atomic E-state index is -3.67. The Hall–Kier alpha value is -1.47. The summed E-state index contributed by atoms with van der Waals surface area (Å²) in [7, 11) is -3.67. The Balaban J connectivity index is 3.26. The van der Waals surface area contributed by atoms with Gasteiger partial charge in [0.15, 0.2) is 0 Å². The fraction of sp³-hybridized carbons (Fsp3) is 0.538. The van der Waals surface area contributed by atoms with Gasteiger partial charge in [-0.15, -0.1) is 0 Å². The molecule has 0 bridgehead atoms. The first-order valence-corrected chi connectivity index (χ1v) is 8.03. The maximum absolute atomic E-state index is 12.5. The van der Waals surface area contributed by atoms with Crippen LogP contribution in [0.25, 0.3) is 0 Å². The predicted octanol–water partition coefficient (Wildman–Crippen LogP) is 2.71. The Bertz CT molecular complexity index is 578. The van der Waals surface area contributed by atoms with Gasteiger partial charge in [0.05, 0.1) is 9.82 Å². The highest BCUT2D eigenvalue weighted by Crippen LogP contribution is 2.24. The fourth-order valence-corrected chi connectivity index (χ4v) is 3.59. The summed E-state index contributed by atoms with van der Waals surface area (Å²) in [6.07, 6.45) is 1.40. The van der Waals surface area contributed by atoms with E-state index in [9.17, 15) is 18.5 Å². The van der Waals surface area contributed by atoms with Gasteiger partial charge in [-0.25, -0.2) is 8.42 Å². The van der Waals surface area contributed by atoms with Crippen LogP contribution in [-0.4, -0.2) is 30.7 Å². The number of nitro groups is 1. The summed E-state index contributed by atoms with van der Waals surface area (Å²) < 4.78 is 26.4. The van der Waals surface area contributed by atoms with E-state index in [-0.39, 0.29) is 10.6 Å². The van der Waals surface area contributed by atoms with Gasteiger partial charge < -0.3 is 0 Å². The van der Waals surface area contributed by atoms with Gasteiger partial charge in [-0.2, -0.15) is 4.31 Å². The minimum Gasteiger partial charge on any atom is -0.258 e. The number of hydrogen-bond acceptors (Lipinski definition) is 4. The third-order valence-corrected chi connectivity index (χ3v) is 4.86. The lowest BCUT2D eigenvalue weighted by Gasteiger charge is -2.21. The first-order valence-electron chi connectivity index (χ1n) is 6.59. The standard InChI is InChI=1S/C13H20N2O4S/c1-4-8-14(9-5-2)20(18,19)12-7-6-11(3)13(10-12)15(16)17/h6-7,10H,4-5,8-9H2,1-3H3. The monoisotopic (exact) mass is 300 g/mol. The Morgan fingerprint density at radius 3 is 2.20 bits per heavy atom. The molecule has 6 nitrogen and oxygen atoms in total. The van der Waals surface area contributed by atoms with Crippen molar-refractivity contribution in [2.24, 2.45) is 0 Å². The van der Waals surface area contributed by atoms with E-state index in [1.807, 2.05) is 13.8 Å². The molecule has 0 spiro atoms. The largest absolute Gasteiger partial charge is 0.273 e. The molecule has 0 saturated heterocycles. The van der Waals surface area contributed by atoms with E-state index in [2.05, 4.69) is 0 Å². The normalized spacial score (nSPS) is 11.8. The number of rotatable bonds is 7. The third kappa shape index (κ3) is 3.55. The average Bonchev–Trinajstić information content (AvgIpc) is 2.38. The molecule has 0 saturated carbocycles. The van der Waals surface area contributed by atoms with Crippen molar-refractivity contribution in [3.05, 3.63) is 33.9 Å². The molecule has 0 aromatic heterocycles. The van der Waals surface area contributed by atoms with Crippen LogP contribution in [0.1, 0.15) is 32.3 Å². The summed E-state index contributed by atoms with van der Waals surface area (Å²) >= 11 is 0. The molecule has 0 heterocycles. The number of nitrogens with zero attached hydrogens (tertiary/aromatic N) is 2. The molecule has 0 unspecified atom stereocenters. The number of nitro benzene ring substituents is 1. The van der Waals surface area contributed by atoms with Gasteiger partial charge in [0.2, 0.25) is 10.0 Å². The summed E-state index contributed by atoms with van der Waals surface area (Å²) in [4.78, 5) is 10.3. The highest BCUT2D eigenvalue weighted by molar-refractivity contribution is 7.89. The van der Waals surface area contributed by atoms with Crippen molar-refractivity contribution in [3.63, 3.8) is 0 Å². The van der Waals surface area contributed by atoms with Gasteiger partial charge in [0.1, 0.15) is 0 Å². The molecule has 0 amide bonds. The van der Waals surface area contributed by atoms with Gasteiger partial charge in [-0.1, -0.05) is 19.9 Å². The summed E-state index contributed by atoms with van der Waals surface area (Å²) in [5.74, 6) is 0. The maximum atomic E-state index is 12.5. The molecule has 112 valence electrons. The quantitative estimate of drug-likeness (QED) is 0.572. The molecule has 7 heteroatoms. The van der Waals surface area contributed by atoms with Crippen molar-refractivity contribution in [3.8, 4) is 0 Å². The Morgan fingerprint density at radius 2 is 1.75 bits per heavy atom. The zero-order chi connectivity index (χ0) is 15.3.